The van der Waals surface area contributed by atoms with Gasteiger partial charge in [-0.2, -0.15) is 5.10 Å². The van der Waals surface area contributed by atoms with Crippen molar-refractivity contribution in [2.75, 3.05) is 5.32 Å². The van der Waals surface area contributed by atoms with Gasteiger partial charge in [-0.25, -0.2) is 4.68 Å². The van der Waals surface area contributed by atoms with Crippen LogP contribution in [-0.4, -0.2) is 21.5 Å². The standard InChI is InChI=1S/C18H19Cl2N3O3/c1-2-3-4-5-16(25)22-13-8-6-12(7-9-13)15(24)11-23-18(26)17(20)14(19)10-21-23/h6-10H,2-5,11H2,1H3,(H,22,25). The molecule has 26 heavy (non-hydrogen) atoms. The quantitative estimate of drug-likeness (QED) is 0.541. The van der Waals surface area contributed by atoms with Gasteiger partial charge in [-0.15, -0.1) is 0 Å². The first-order valence-corrected chi connectivity index (χ1v) is 9.02. The highest BCUT2D eigenvalue weighted by Crippen LogP contribution is 2.15. The van der Waals surface area contributed by atoms with Crippen LogP contribution in [0.4, 0.5) is 5.69 Å². The number of halogens is 2. The number of hydrogen-bond acceptors (Lipinski definition) is 4. The van der Waals surface area contributed by atoms with Crippen LogP contribution in [-0.2, 0) is 11.3 Å². The number of unbranched alkanes of at least 4 members (excludes halogenated alkanes) is 2. The normalized spacial score (nSPS) is 10.6. The summed E-state index contributed by atoms with van der Waals surface area (Å²) in [7, 11) is 0. The lowest BCUT2D eigenvalue weighted by Crippen LogP contribution is -2.27. The van der Waals surface area contributed by atoms with Gasteiger partial charge in [0.2, 0.25) is 5.91 Å². The zero-order chi connectivity index (χ0) is 19.1. The van der Waals surface area contributed by atoms with Crippen LogP contribution in [0.2, 0.25) is 10.0 Å². The number of rotatable bonds is 8. The molecule has 0 aliphatic rings. The van der Waals surface area contributed by atoms with E-state index in [1.165, 1.54) is 6.20 Å². The summed E-state index contributed by atoms with van der Waals surface area (Å²) in [5.74, 6) is -0.358. The number of aromatic nitrogens is 2. The molecule has 2 rings (SSSR count). The number of benzene rings is 1. The number of ketones is 1. The summed E-state index contributed by atoms with van der Waals surface area (Å²) in [5.41, 5.74) is 0.394. The maximum atomic E-state index is 12.3. The molecule has 0 bridgehead atoms. The Kier molecular flexibility index (Phi) is 7.36. The number of amides is 1. The fourth-order valence-corrected chi connectivity index (χ4v) is 2.55. The van der Waals surface area contributed by atoms with E-state index in [9.17, 15) is 14.4 Å². The van der Waals surface area contributed by atoms with E-state index in [2.05, 4.69) is 17.3 Å². The van der Waals surface area contributed by atoms with Crippen molar-refractivity contribution >= 4 is 40.6 Å². The maximum Gasteiger partial charge on any atom is 0.287 e. The maximum absolute atomic E-state index is 12.3. The molecule has 0 fully saturated rings. The second-order valence-electron chi connectivity index (χ2n) is 5.78. The Morgan fingerprint density at radius 2 is 1.85 bits per heavy atom. The minimum absolute atomic E-state index is 0.0411. The molecule has 1 N–H and O–H groups in total. The molecule has 0 saturated carbocycles. The van der Waals surface area contributed by atoms with Crippen LogP contribution in [0.15, 0.2) is 35.3 Å². The van der Waals surface area contributed by atoms with E-state index in [-0.39, 0.29) is 28.3 Å². The Morgan fingerprint density at radius 3 is 2.50 bits per heavy atom. The summed E-state index contributed by atoms with van der Waals surface area (Å²) < 4.78 is 0.958. The first kappa shape index (κ1) is 20.1. The van der Waals surface area contributed by atoms with Gasteiger partial charge in [0.25, 0.3) is 5.56 Å². The van der Waals surface area contributed by atoms with Crippen molar-refractivity contribution in [1.82, 2.24) is 9.78 Å². The predicted octanol–water partition coefficient (Wildman–Crippen LogP) is 3.95. The second kappa shape index (κ2) is 9.50. The largest absolute Gasteiger partial charge is 0.326 e. The van der Waals surface area contributed by atoms with Crippen molar-refractivity contribution in [2.45, 2.75) is 39.2 Å². The molecular formula is C18H19Cl2N3O3. The molecule has 138 valence electrons. The summed E-state index contributed by atoms with van der Waals surface area (Å²) in [4.78, 5) is 36.0. The number of hydrogen-bond donors (Lipinski definition) is 1. The zero-order valence-electron chi connectivity index (χ0n) is 14.3. The Labute approximate surface area is 161 Å². The highest BCUT2D eigenvalue weighted by atomic mass is 35.5. The first-order chi connectivity index (χ1) is 12.4. The molecule has 1 heterocycles. The molecule has 1 aromatic carbocycles. The molecule has 0 unspecified atom stereocenters. The zero-order valence-corrected chi connectivity index (χ0v) is 15.8. The average molecular weight is 396 g/mol. The van der Waals surface area contributed by atoms with Gasteiger partial charge in [-0.3, -0.25) is 14.4 Å². The van der Waals surface area contributed by atoms with E-state index in [1.807, 2.05) is 0 Å². The van der Waals surface area contributed by atoms with Crippen molar-refractivity contribution < 1.29 is 9.59 Å². The highest BCUT2D eigenvalue weighted by molar-refractivity contribution is 6.41. The minimum Gasteiger partial charge on any atom is -0.326 e. The molecule has 1 aromatic heterocycles. The van der Waals surface area contributed by atoms with Crippen LogP contribution >= 0.6 is 23.2 Å². The lowest BCUT2D eigenvalue weighted by atomic mass is 10.1. The van der Waals surface area contributed by atoms with Crippen molar-refractivity contribution in [3.8, 4) is 0 Å². The first-order valence-electron chi connectivity index (χ1n) is 8.26. The summed E-state index contributed by atoms with van der Waals surface area (Å²) in [6, 6.07) is 6.48. The number of carbonyl (C=O) groups excluding carboxylic acids is 2. The summed E-state index contributed by atoms with van der Waals surface area (Å²) >= 11 is 11.5. The van der Waals surface area contributed by atoms with Crippen molar-refractivity contribution in [3.05, 3.63) is 56.4 Å². The average Bonchev–Trinajstić information content (AvgIpc) is 2.63. The Bertz CT molecular complexity index is 848. The fourth-order valence-electron chi connectivity index (χ4n) is 2.28. The topological polar surface area (TPSA) is 81.1 Å². The Morgan fingerprint density at radius 1 is 1.15 bits per heavy atom. The van der Waals surface area contributed by atoms with Gasteiger partial charge < -0.3 is 5.32 Å². The molecule has 1 amide bonds. The van der Waals surface area contributed by atoms with E-state index < -0.39 is 5.56 Å². The van der Waals surface area contributed by atoms with E-state index in [1.54, 1.807) is 24.3 Å². The van der Waals surface area contributed by atoms with Gasteiger partial charge in [-0.05, 0) is 30.7 Å². The number of nitrogens with one attached hydrogen (secondary N) is 1. The van der Waals surface area contributed by atoms with Gasteiger partial charge in [0.1, 0.15) is 11.6 Å². The molecule has 0 atom stereocenters. The summed E-state index contributed by atoms with van der Waals surface area (Å²) in [6.07, 6.45) is 4.62. The van der Waals surface area contributed by atoms with Crippen LogP contribution in [0.25, 0.3) is 0 Å². The van der Waals surface area contributed by atoms with Gasteiger partial charge in [0.15, 0.2) is 5.78 Å². The fraction of sp³-hybridized carbons (Fsp3) is 0.333. The van der Waals surface area contributed by atoms with Crippen LogP contribution in [0.3, 0.4) is 0 Å². The van der Waals surface area contributed by atoms with Crippen LogP contribution < -0.4 is 10.9 Å². The van der Waals surface area contributed by atoms with Gasteiger partial charge >= 0.3 is 0 Å². The van der Waals surface area contributed by atoms with Crippen LogP contribution in [0.5, 0.6) is 0 Å². The van der Waals surface area contributed by atoms with Crippen LogP contribution in [0.1, 0.15) is 43.0 Å². The molecule has 0 spiro atoms. The molecule has 0 aliphatic carbocycles. The van der Waals surface area contributed by atoms with Gasteiger partial charge in [0, 0.05) is 17.7 Å². The lowest BCUT2D eigenvalue weighted by Gasteiger charge is -2.07. The molecule has 0 radical (unpaired) electrons. The molecule has 2 aromatic rings. The number of anilines is 1. The minimum atomic E-state index is -0.622. The summed E-state index contributed by atoms with van der Waals surface area (Å²) in [6.45, 7) is 1.83. The third-order valence-electron chi connectivity index (χ3n) is 3.73. The molecule has 8 heteroatoms. The van der Waals surface area contributed by atoms with E-state index >= 15 is 0 Å². The molecule has 6 nitrogen and oxygen atoms in total. The van der Waals surface area contributed by atoms with Crippen molar-refractivity contribution in [1.29, 1.82) is 0 Å². The van der Waals surface area contributed by atoms with E-state index in [0.717, 1.165) is 23.9 Å². The second-order valence-corrected chi connectivity index (χ2v) is 6.56. The number of Topliss-reactive ketones (excluding diaryl/α,β-unsaturated/α-hetero) is 1. The SMILES string of the molecule is CCCCCC(=O)Nc1ccc(C(=O)Cn2ncc(Cl)c(Cl)c2=O)cc1. The monoisotopic (exact) mass is 395 g/mol. The Hall–Kier alpha value is -2.18. The molecule has 0 aliphatic heterocycles. The summed E-state index contributed by atoms with van der Waals surface area (Å²) in [5, 5.41) is 6.47. The highest BCUT2D eigenvalue weighted by Gasteiger charge is 2.12. The smallest absolute Gasteiger partial charge is 0.287 e. The predicted molar refractivity (Wildman–Crippen MR) is 102 cm³/mol. The third-order valence-corrected chi connectivity index (χ3v) is 4.48. The van der Waals surface area contributed by atoms with E-state index in [4.69, 9.17) is 23.2 Å². The lowest BCUT2D eigenvalue weighted by molar-refractivity contribution is -0.116. The van der Waals surface area contributed by atoms with Crippen molar-refractivity contribution in [2.24, 2.45) is 0 Å². The third kappa shape index (κ3) is 5.41. The van der Waals surface area contributed by atoms with Gasteiger partial charge in [-0.1, -0.05) is 43.0 Å². The number of carbonyl (C=O) groups is 2. The van der Waals surface area contributed by atoms with E-state index in [0.29, 0.717) is 17.7 Å². The Balaban J connectivity index is 1.99. The number of nitrogens with zero attached hydrogens (tertiary/aromatic N) is 2. The molecular weight excluding hydrogens is 377 g/mol. The van der Waals surface area contributed by atoms with Crippen molar-refractivity contribution in [3.63, 3.8) is 0 Å². The van der Waals surface area contributed by atoms with Crippen LogP contribution in [0, 0.1) is 0 Å². The van der Waals surface area contributed by atoms with Gasteiger partial charge in [0.05, 0.1) is 11.2 Å². The molecule has 0 saturated heterocycles.